The molecule has 0 aliphatic heterocycles. The van der Waals surface area contributed by atoms with Crippen LogP contribution in [0.1, 0.15) is 11.3 Å². The topological polar surface area (TPSA) is 37.8 Å². The first kappa shape index (κ1) is 10.5. The molecule has 3 nitrogen and oxygen atoms in total. The smallest absolute Gasteiger partial charge is 0.143 e. The van der Waals surface area contributed by atoms with Gasteiger partial charge in [0.1, 0.15) is 5.82 Å². The second-order valence-corrected chi connectivity index (χ2v) is 3.57. The maximum absolute atomic E-state index is 12.8. The van der Waals surface area contributed by atoms with Crippen molar-refractivity contribution in [1.82, 2.24) is 9.97 Å². The van der Waals surface area contributed by atoms with Crippen molar-refractivity contribution in [3.8, 4) is 0 Å². The van der Waals surface area contributed by atoms with Crippen LogP contribution in [0.2, 0.25) is 0 Å². The molecule has 4 heteroatoms. The second kappa shape index (κ2) is 4.70. The van der Waals surface area contributed by atoms with E-state index in [4.69, 9.17) is 0 Å². The van der Waals surface area contributed by atoms with Crippen LogP contribution in [0.5, 0.6) is 0 Å². The molecule has 82 valence electrons. The standard InChI is InChI=1S/C12H12FN3/c1-9-2-3-11(15-5-9)8-16-12-4-10(13)6-14-7-12/h2-7,16H,8H2,1H3. The number of pyridine rings is 2. The van der Waals surface area contributed by atoms with Gasteiger partial charge < -0.3 is 5.32 Å². The minimum absolute atomic E-state index is 0.345. The SMILES string of the molecule is Cc1ccc(CNc2cncc(F)c2)nc1. The number of nitrogens with one attached hydrogen (secondary N) is 1. The average Bonchev–Trinajstić information content (AvgIpc) is 2.28. The lowest BCUT2D eigenvalue weighted by molar-refractivity contribution is 0.622. The molecule has 0 radical (unpaired) electrons. The summed E-state index contributed by atoms with van der Waals surface area (Å²) in [6, 6.07) is 5.34. The van der Waals surface area contributed by atoms with E-state index in [1.165, 1.54) is 12.3 Å². The van der Waals surface area contributed by atoms with Crippen LogP contribution in [-0.4, -0.2) is 9.97 Å². The zero-order valence-electron chi connectivity index (χ0n) is 8.94. The van der Waals surface area contributed by atoms with Crippen molar-refractivity contribution < 1.29 is 4.39 Å². The van der Waals surface area contributed by atoms with Gasteiger partial charge in [0.05, 0.1) is 30.3 Å². The Bertz CT molecular complexity index is 468. The Morgan fingerprint density at radius 3 is 2.81 bits per heavy atom. The van der Waals surface area contributed by atoms with Crippen LogP contribution in [0, 0.1) is 12.7 Å². The van der Waals surface area contributed by atoms with Gasteiger partial charge in [0.2, 0.25) is 0 Å². The molecular weight excluding hydrogens is 205 g/mol. The first-order chi connectivity index (χ1) is 7.74. The lowest BCUT2D eigenvalue weighted by Crippen LogP contribution is -2.02. The molecule has 0 saturated carbocycles. The van der Waals surface area contributed by atoms with Gasteiger partial charge in [0.25, 0.3) is 0 Å². The van der Waals surface area contributed by atoms with E-state index in [9.17, 15) is 4.39 Å². The molecule has 0 unspecified atom stereocenters. The molecule has 2 aromatic rings. The minimum Gasteiger partial charge on any atom is -0.378 e. The molecule has 0 atom stereocenters. The molecule has 0 bridgehead atoms. The molecule has 0 spiro atoms. The van der Waals surface area contributed by atoms with Crippen LogP contribution in [0.3, 0.4) is 0 Å². The van der Waals surface area contributed by atoms with Gasteiger partial charge in [-0.25, -0.2) is 4.39 Å². The van der Waals surface area contributed by atoms with Gasteiger partial charge in [-0.05, 0) is 18.6 Å². The summed E-state index contributed by atoms with van der Waals surface area (Å²) in [5.41, 5.74) is 2.69. The highest BCUT2D eigenvalue weighted by Crippen LogP contribution is 2.08. The lowest BCUT2D eigenvalue weighted by Gasteiger charge is -2.05. The van der Waals surface area contributed by atoms with Crippen molar-refractivity contribution in [2.75, 3.05) is 5.32 Å². The van der Waals surface area contributed by atoms with Gasteiger partial charge in [-0.1, -0.05) is 6.07 Å². The first-order valence-electron chi connectivity index (χ1n) is 5.00. The number of anilines is 1. The Labute approximate surface area is 93.4 Å². The third kappa shape index (κ3) is 2.76. The van der Waals surface area contributed by atoms with E-state index in [0.29, 0.717) is 12.2 Å². The van der Waals surface area contributed by atoms with Gasteiger partial charge in [0.15, 0.2) is 0 Å². The van der Waals surface area contributed by atoms with E-state index in [-0.39, 0.29) is 5.82 Å². The highest BCUT2D eigenvalue weighted by molar-refractivity contribution is 5.40. The molecule has 1 N–H and O–H groups in total. The van der Waals surface area contributed by atoms with E-state index in [2.05, 4.69) is 15.3 Å². The van der Waals surface area contributed by atoms with E-state index in [0.717, 1.165) is 11.3 Å². The summed E-state index contributed by atoms with van der Waals surface area (Å²) in [6.45, 7) is 2.55. The van der Waals surface area contributed by atoms with Crippen LogP contribution in [0.15, 0.2) is 36.8 Å². The largest absolute Gasteiger partial charge is 0.378 e. The monoisotopic (exact) mass is 217 g/mol. The normalized spacial score (nSPS) is 10.1. The van der Waals surface area contributed by atoms with Gasteiger partial charge >= 0.3 is 0 Å². The fourth-order valence-electron chi connectivity index (χ4n) is 1.30. The van der Waals surface area contributed by atoms with Crippen LogP contribution in [0.4, 0.5) is 10.1 Å². The Kier molecular flexibility index (Phi) is 3.10. The van der Waals surface area contributed by atoms with Gasteiger partial charge in [0, 0.05) is 12.3 Å². The maximum Gasteiger partial charge on any atom is 0.143 e. The molecule has 0 aromatic carbocycles. The minimum atomic E-state index is -0.345. The molecule has 0 amide bonds. The lowest BCUT2D eigenvalue weighted by atomic mass is 10.3. The van der Waals surface area contributed by atoms with E-state index in [1.54, 1.807) is 12.4 Å². The van der Waals surface area contributed by atoms with Crippen molar-refractivity contribution in [3.05, 3.63) is 53.9 Å². The summed E-state index contributed by atoms with van der Waals surface area (Å²) in [4.78, 5) is 7.99. The molecule has 0 fully saturated rings. The van der Waals surface area contributed by atoms with Crippen molar-refractivity contribution in [2.45, 2.75) is 13.5 Å². The fourth-order valence-corrected chi connectivity index (χ4v) is 1.30. The highest BCUT2D eigenvalue weighted by atomic mass is 19.1. The number of nitrogens with zero attached hydrogens (tertiary/aromatic N) is 2. The molecule has 2 rings (SSSR count). The number of rotatable bonds is 3. The third-order valence-electron chi connectivity index (χ3n) is 2.15. The molecule has 0 aliphatic rings. The third-order valence-corrected chi connectivity index (χ3v) is 2.15. The molecule has 0 aliphatic carbocycles. The summed E-state index contributed by atoms with van der Waals surface area (Å²) in [5.74, 6) is -0.345. The summed E-state index contributed by atoms with van der Waals surface area (Å²) in [5, 5.41) is 3.06. The van der Waals surface area contributed by atoms with Crippen molar-refractivity contribution in [2.24, 2.45) is 0 Å². The quantitative estimate of drug-likeness (QED) is 0.858. The van der Waals surface area contributed by atoms with Crippen molar-refractivity contribution in [3.63, 3.8) is 0 Å². The Morgan fingerprint density at radius 1 is 1.25 bits per heavy atom. The number of halogens is 1. The number of hydrogen-bond acceptors (Lipinski definition) is 3. The number of aromatic nitrogens is 2. The molecule has 2 aromatic heterocycles. The predicted octanol–water partition coefficient (Wildman–Crippen LogP) is 2.54. The van der Waals surface area contributed by atoms with Crippen LogP contribution in [0.25, 0.3) is 0 Å². The Hall–Kier alpha value is -1.97. The van der Waals surface area contributed by atoms with Crippen molar-refractivity contribution in [1.29, 1.82) is 0 Å². The van der Waals surface area contributed by atoms with E-state index >= 15 is 0 Å². The van der Waals surface area contributed by atoms with Gasteiger partial charge in [-0.2, -0.15) is 0 Å². The summed E-state index contributed by atoms with van der Waals surface area (Å²) >= 11 is 0. The summed E-state index contributed by atoms with van der Waals surface area (Å²) < 4.78 is 12.8. The molecule has 16 heavy (non-hydrogen) atoms. The Morgan fingerprint density at radius 2 is 2.12 bits per heavy atom. The van der Waals surface area contributed by atoms with Crippen LogP contribution >= 0.6 is 0 Å². The first-order valence-corrected chi connectivity index (χ1v) is 5.00. The zero-order chi connectivity index (χ0) is 11.4. The second-order valence-electron chi connectivity index (χ2n) is 3.57. The summed E-state index contributed by atoms with van der Waals surface area (Å²) in [7, 11) is 0. The zero-order valence-corrected chi connectivity index (χ0v) is 8.94. The Balaban J connectivity index is 1.99. The molecular formula is C12H12FN3. The predicted molar refractivity (Wildman–Crippen MR) is 60.5 cm³/mol. The average molecular weight is 217 g/mol. The van der Waals surface area contributed by atoms with E-state index < -0.39 is 0 Å². The van der Waals surface area contributed by atoms with Crippen molar-refractivity contribution >= 4 is 5.69 Å². The highest BCUT2D eigenvalue weighted by Gasteiger charge is 1.97. The van der Waals surface area contributed by atoms with Crippen LogP contribution < -0.4 is 5.32 Å². The summed E-state index contributed by atoms with van der Waals surface area (Å²) in [6.07, 6.45) is 4.56. The molecule has 2 heterocycles. The van der Waals surface area contributed by atoms with Gasteiger partial charge in [-0.15, -0.1) is 0 Å². The van der Waals surface area contributed by atoms with E-state index in [1.807, 2.05) is 19.1 Å². The fraction of sp³-hybridized carbons (Fsp3) is 0.167. The van der Waals surface area contributed by atoms with Crippen LogP contribution in [-0.2, 0) is 6.54 Å². The number of hydrogen-bond donors (Lipinski definition) is 1. The van der Waals surface area contributed by atoms with Gasteiger partial charge in [-0.3, -0.25) is 9.97 Å². The maximum atomic E-state index is 12.8. The molecule has 0 saturated heterocycles. The number of aryl methyl sites for hydroxylation is 1.